The molecule has 0 amide bonds. The van der Waals surface area contributed by atoms with Crippen LogP contribution in [0.4, 0.5) is 0 Å². The number of hydrogen-bond acceptors (Lipinski definition) is 6. The third kappa shape index (κ3) is 3.49. The van der Waals surface area contributed by atoms with Gasteiger partial charge in [0.2, 0.25) is 10.0 Å². The maximum atomic E-state index is 12.5. The highest BCUT2D eigenvalue weighted by Gasteiger charge is 2.23. The minimum Gasteiger partial charge on any atom is -0.467 e. The van der Waals surface area contributed by atoms with Crippen molar-refractivity contribution in [3.05, 3.63) is 35.7 Å². The van der Waals surface area contributed by atoms with Gasteiger partial charge in [-0.25, -0.2) is 13.1 Å². The summed E-state index contributed by atoms with van der Waals surface area (Å²) in [5.74, 6) is 0.448. The fourth-order valence-electron chi connectivity index (χ4n) is 2.15. The summed E-state index contributed by atoms with van der Waals surface area (Å²) in [7, 11) is -2.31. The second-order valence-corrected chi connectivity index (χ2v) is 6.49. The second-order valence-electron chi connectivity index (χ2n) is 4.77. The van der Waals surface area contributed by atoms with Crippen molar-refractivity contribution in [1.29, 1.82) is 5.26 Å². The molecule has 1 atom stereocenters. The highest BCUT2D eigenvalue weighted by molar-refractivity contribution is 7.89. The van der Waals surface area contributed by atoms with E-state index in [9.17, 15) is 8.42 Å². The lowest BCUT2D eigenvalue weighted by atomic mass is 10.2. The van der Waals surface area contributed by atoms with Gasteiger partial charge in [-0.3, -0.25) is 4.57 Å². The molecule has 1 N–H and O–H groups in total. The van der Waals surface area contributed by atoms with Gasteiger partial charge in [0.25, 0.3) is 0 Å². The molecule has 0 spiro atoms. The Morgan fingerprint density at radius 3 is 2.78 bits per heavy atom. The van der Waals surface area contributed by atoms with E-state index >= 15 is 0 Å². The zero-order chi connectivity index (χ0) is 17.0. The van der Waals surface area contributed by atoms with Gasteiger partial charge >= 0.3 is 6.01 Å². The summed E-state index contributed by atoms with van der Waals surface area (Å²) < 4.78 is 34.2. The van der Waals surface area contributed by atoms with Gasteiger partial charge in [-0.1, -0.05) is 11.2 Å². The van der Waals surface area contributed by atoms with Gasteiger partial charge in [0.15, 0.2) is 5.82 Å². The maximum absolute atomic E-state index is 12.5. The SMILES string of the molecule is CCn1c(OC)nnc1[C@@H](C)NS(=O)(=O)c1cccc(C#N)c1. The van der Waals surface area contributed by atoms with Crippen LogP contribution in [-0.4, -0.2) is 30.3 Å². The van der Waals surface area contributed by atoms with E-state index in [2.05, 4.69) is 14.9 Å². The quantitative estimate of drug-likeness (QED) is 0.850. The number of methoxy groups -OCH3 is 1. The molecule has 1 aromatic carbocycles. The Balaban J connectivity index is 2.30. The Kier molecular flexibility index (Phi) is 4.98. The first kappa shape index (κ1) is 16.9. The molecule has 23 heavy (non-hydrogen) atoms. The fourth-order valence-corrected chi connectivity index (χ4v) is 3.40. The molecular weight excluding hydrogens is 318 g/mol. The summed E-state index contributed by atoms with van der Waals surface area (Å²) in [5.41, 5.74) is 0.277. The molecule has 0 bridgehead atoms. The third-order valence-electron chi connectivity index (χ3n) is 3.24. The first-order valence-electron chi connectivity index (χ1n) is 6.92. The minimum atomic E-state index is -3.79. The van der Waals surface area contributed by atoms with Gasteiger partial charge < -0.3 is 4.74 Å². The molecule has 1 heterocycles. The highest BCUT2D eigenvalue weighted by Crippen LogP contribution is 2.19. The van der Waals surface area contributed by atoms with Gasteiger partial charge in [0, 0.05) is 6.54 Å². The van der Waals surface area contributed by atoms with Crippen molar-refractivity contribution in [2.45, 2.75) is 31.3 Å². The summed E-state index contributed by atoms with van der Waals surface area (Å²) in [5, 5.41) is 16.7. The average Bonchev–Trinajstić information content (AvgIpc) is 2.97. The van der Waals surface area contributed by atoms with Crippen LogP contribution in [0.15, 0.2) is 29.2 Å². The summed E-state index contributed by atoms with van der Waals surface area (Å²) in [6.45, 7) is 4.09. The predicted molar refractivity (Wildman–Crippen MR) is 82.1 cm³/mol. The van der Waals surface area contributed by atoms with Crippen LogP contribution >= 0.6 is 0 Å². The molecule has 0 saturated heterocycles. The van der Waals surface area contributed by atoms with Gasteiger partial charge in [0.1, 0.15) is 0 Å². The minimum absolute atomic E-state index is 0.0259. The Morgan fingerprint density at radius 1 is 1.43 bits per heavy atom. The molecule has 0 aliphatic carbocycles. The van der Waals surface area contributed by atoms with Crippen LogP contribution in [0.3, 0.4) is 0 Å². The molecule has 8 nitrogen and oxygen atoms in total. The van der Waals surface area contributed by atoms with Crippen LogP contribution in [0.2, 0.25) is 0 Å². The topological polar surface area (TPSA) is 110 Å². The Labute approximate surface area is 134 Å². The monoisotopic (exact) mass is 335 g/mol. The van der Waals surface area contributed by atoms with Crippen molar-refractivity contribution in [3.63, 3.8) is 0 Å². The molecule has 0 unspecified atom stereocenters. The van der Waals surface area contributed by atoms with E-state index in [-0.39, 0.29) is 10.5 Å². The number of nitrogens with zero attached hydrogens (tertiary/aromatic N) is 4. The number of nitrogens with one attached hydrogen (secondary N) is 1. The second kappa shape index (κ2) is 6.76. The zero-order valence-corrected chi connectivity index (χ0v) is 13.8. The maximum Gasteiger partial charge on any atom is 0.316 e. The van der Waals surface area contributed by atoms with E-state index in [0.717, 1.165) is 0 Å². The molecule has 2 rings (SSSR count). The van der Waals surface area contributed by atoms with Crippen LogP contribution < -0.4 is 9.46 Å². The van der Waals surface area contributed by atoms with E-state index in [1.54, 1.807) is 17.6 Å². The summed E-state index contributed by atoms with van der Waals surface area (Å²) in [6, 6.07) is 7.45. The lowest BCUT2D eigenvalue weighted by Gasteiger charge is -2.15. The number of rotatable bonds is 6. The lowest BCUT2D eigenvalue weighted by Crippen LogP contribution is -2.29. The van der Waals surface area contributed by atoms with E-state index in [1.807, 2.05) is 13.0 Å². The molecule has 1 aromatic heterocycles. The first-order chi connectivity index (χ1) is 10.9. The largest absolute Gasteiger partial charge is 0.467 e. The molecule has 0 radical (unpaired) electrons. The van der Waals surface area contributed by atoms with E-state index < -0.39 is 16.1 Å². The van der Waals surface area contributed by atoms with Crippen LogP contribution in [0.5, 0.6) is 6.01 Å². The van der Waals surface area contributed by atoms with Crippen molar-refractivity contribution in [3.8, 4) is 12.1 Å². The zero-order valence-electron chi connectivity index (χ0n) is 13.0. The number of aromatic nitrogens is 3. The van der Waals surface area contributed by atoms with Crippen molar-refractivity contribution < 1.29 is 13.2 Å². The fraction of sp³-hybridized carbons (Fsp3) is 0.357. The third-order valence-corrected chi connectivity index (χ3v) is 4.78. The Bertz CT molecular complexity index is 838. The standard InChI is InChI=1S/C14H17N5O3S/c1-4-19-13(16-17-14(19)22-3)10(2)18-23(20,21)12-7-5-6-11(8-12)9-15/h5-8,10,18H,4H2,1-3H3/t10-/m1/s1. The first-order valence-corrected chi connectivity index (χ1v) is 8.40. The molecule has 0 aliphatic heterocycles. The van der Waals surface area contributed by atoms with Crippen molar-refractivity contribution in [2.75, 3.05) is 7.11 Å². The molecule has 0 fully saturated rings. The number of hydrogen-bond donors (Lipinski definition) is 1. The van der Waals surface area contributed by atoms with E-state index in [4.69, 9.17) is 10.00 Å². The van der Waals surface area contributed by atoms with E-state index in [0.29, 0.717) is 18.4 Å². The van der Waals surface area contributed by atoms with Crippen LogP contribution in [0.1, 0.15) is 31.3 Å². The Hall–Kier alpha value is -2.44. The molecule has 2 aromatic rings. The summed E-state index contributed by atoms with van der Waals surface area (Å²) >= 11 is 0. The highest BCUT2D eigenvalue weighted by atomic mass is 32.2. The van der Waals surface area contributed by atoms with E-state index in [1.165, 1.54) is 25.3 Å². The predicted octanol–water partition coefficient (Wildman–Crippen LogP) is 1.22. The van der Waals surface area contributed by atoms with Crippen molar-refractivity contribution in [2.24, 2.45) is 0 Å². The van der Waals surface area contributed by atoms with Gasteiger partial charge in [-0.15, -0.1) is 5.10 Å². The smallest absolute Gasteiger partial charge is 0.316 e. The normalized spacial score (nSPS) is 12.6. The number of benzene rings is 1. The summed E-state index contributed by atoms with van der Waals surface area (Å²) in [6.07, 6.45) is 0. The van der Waals surface area contributed by atoms with Gasteiger partial charge in [-0.2, -0.15) is 5.26 Å². The van der Waals surface area contributed by atoms with Crippen molar-refractivity contribution >= 4 is 10.0 Å². The van der Waals surface area contributed by atoms with Gasteiger partial charge in [0.05, 0.1) is 29.7 Å². The number of nitriles is 1. The number of ether oxygens (including phenoxy) is 1. The van der Waals surface area contributed by atoms with Crippen LogP contribution in [0.25, 0.3) is 0 Å². The van der Waals surface area contributed by atoms with Gasteiger partial charge in [-0.05, 0) is 32.0 Å². The molecule has 0 aliphatic rings. The Morgan fingerprint density at radius 2 is 2.17 bits per heavy atom. The van der Waals surface area contributed by atoms with Crippen molar-refractivity contribution in [1.82, 2.24) is 19.5 Å². The van der Waals surface area contributed by atoms with Crippen LogP contribution in [0, 0.1) is 11.3 Å². The van der Waals surface area contributed by atoms with Crippen LogP contribution in [-0.2, 0) is 16.6 Å². The summed E-state index contributed by atoms with van der Waals surface area (Å²) in [4.78, 5) is 0.0259. The average molecular weight is 335 g/mol. The molecule has 9 heteroatoms. The number of sulfonamides is 1. The molecule has 0 saturated carbocycles. The molecule has 122 valence electrons. The molecular formula is C14H17N5O3S. The lowest BCUT2D eigenvalue weighted by molar-refractivity contribution is 0.354.